The van der Waals surface area contributed by atoms with Crippen molar-refractivity contribution in [2.45, 2.75) is 25.9 Å². The number of aryl methyl sites for hydroxylation is 1. The molecule has 1 fully saturated rings. The summed E-state index contributed by atoms with van der Waals surface area (Å²) >= 11 is 1.53. The highest BCUT2D eigenvalue weighted by atomic mass is 32.1. The molecule has 2 aromatic rings. The quantitative estimate of drug-likeness (QED) is 0.942. The predicted octanol–water partition coefficient (Wildman–Crippen LogP) is 3.53. The molecular weight excluding hydrogens is 298 g/mol. The second-order valence-electron chi connectivity index (χ2n) is 5.35. The Balaban J connectivity index is 1.47. The fourth-order valence-electron chi connectivity index (χ4n) is 2.43. The highest BCUT2D eigenvalue weighted by Gasteiger charge is 2.24. The number of likely N-dealkylation sites (tertiary alicyclic amines) is 1. The maximum atomic E-state index is 12.1. The fourth-order valence-corrected chi connectivity index (χ4v) is 3.03. The van der Waals surface area contributed by atoms with Crippen LogP contribution in [-0.2, 0) is 0 Å². The summed E-state index contributed by atoms with van der Waals surface area (Å²) in [6.07, 6.45) is 3.58. The first-order chi connectivity index (χ1) is 10.7. The van der Waals surface area contributed by atoms with Gasteiger partial charge in [-0.05, 0) is 36.6 Å². The highest BCUT2D eigenvalue weighted by molar-refractivity contribution is 7.14. The van der Waals surface area contributed by atoms with E-state index in [1.54, 1.807) is 6.20 Å². The van der Waals surface area contributed by atoms with E-state index in [4.69, 9.17) is 4.74 Å². The molecule has 1 aliphatic heterocycles. The van der Waals surface area contributed by atoms with Crippen LogP contribution < -0.4 is 10.1 Å². The Hall–Kier alpha value is -2.08. The molecule has 116 valence electrons. The molecule has 1 saturated heterocycles. The minimum absolute atomic E-state index is 0.0297. The standard InChI is InChI=1S/C16H19N3O2S/c1-12-4-5-14(11-17-12)21-13-6-8-19(9-7-13)16(20)18-15-3-2-10-22-15/h2-5,10-11,13H,6-9H2,1H3,(H,18,20). The zero-order valence-corrected chi connectivity index (χ0v) is 13.3. The number of piperidine rings is 1. The van der Waals surface area contributed by atoms with Crippen LogP contribution >= 0.6 is 11.3 Å². The van der Waals surface area contributed by atoms with Gasteiger partial charge in [0.15, 0.2) is 0 Å². The van der Waals surface area contributed by atoms with Crippen LogP contribution in [0, 0.1) is 6.92 Å². The molecule has 0 aromatic carbocycles. The third-order valence-corrected chi connectivity index (χ3v) is 4.45. The number of hydrogen-bond donors (Lipinski definition) is 1. The van der Waals surface area contributed by atoms with Crippen LogP contribution in [0.1, 0.15) is 18.5 Å². The normalized spacial score (nSPS) is 15.6. The Morgan fingerprint density at radius 3 is 2.82 bits per heavy atom. The van der Waals surface area contributed by atoms with E-state index in [9.17, 15) is 4.79 Å². The average molecular weight is 317 g/mol. The topological polar surface area (TPSA) is 54.5 Å². The number of pyridine rings is 1. The van der Waals surface area contributed by atoms with Gasteiger partial charge in [-0.2, -0.15) is 0 Å². The third kappa shape index (κ3) is 3.76. The van der Waals surface area contributed by atoms with E-state index in [1.165, 1.54) is 11.3 Å². The Kier molecular flexibility index (Phi) is 4.58. The number of carbonyl (C=O) groups excluding carboxylic acids is 1. The number of ether oxygens (including phenoxy) is 1. The summed E-state index contributed by atoms with van der Waals surface area (Å²) < 4.78 is 5.93. The zero-order valence-electron chi connectivity index (χ0n) is 12.5. The van der Waals surface area contributed by atoms with Gasteiger partial charge < -0.3 is 9.64 Å². The first-order valence-corrected chi connectivity index (χ1v) is 8.27. The van der Waals surface area contributed by atoms with Gasteiger partial charge in [-0.15, -0.1) is 11.3 Å². The number of nitrogens with zero attached hydrogens (tertiary/aromatic N) is 2. The van der Waals surface area contributed by atoms with Crippen LogP contribution in [0.15, 0.2) is 35.8 Å². The van der Waals surface area contributed by atoms with Crippen molar-refractivity contribution < 1.29 is 9.53 Å². The summed E-state index contributed by atoms with van der Waals surface area (Å²) in [5, 5.41) is 5.75. The summed E-state index contributed by atoms with van der Waals surface area (Å²) in [5.74, 6) is 0.798. The van der Waals surface area contributed by atoms with Crippen molar-refractivity contribution >= 4 is 22.4 Å². The molecule has 1 N–H and O–H groups in total. The minimum Gasteiger partial charge on any atom is -0.489 e. The monoisotopic (exact) mass is 317 g/mol. The predicted molar refractivity (Wildman–Crippen MR) is 87.5 cm³/mol. The van der Waals surface area contributed by atoms with E-state index in [1.807, 2.05) is 41.5 Å². The Labute approximate surface area is 133 Å². The van der Waals surface area contributed by atoms with Gasteiger partial charge >= 0.3 is 6.03 Å². The number of amides is 2. The van der Waals surface area contributed by atoms with Gasteiger partial charge in [-0.25, -0.2) is 4.79 Å². The molecule has 3 heterocycles. The summed E-state index contributed by atoms with van der Waals surface area (Å²) in [4.78, 5) is 18.2. The SMILES string of the molecule is Cc1ccc(OC2CCN(C(=O)Nc3cccs3)CC2)cn1. The van der Waals surface area contributed by atoms with Crippen LogP contribution in [0.5, 0.6) is 5.75 Å². The van der Waals surface area contributed by atoms with Crippen molar-refractivity contribution in [3.05, 3.63) is 41.5 Å². The molecule has 3 rings (SSSR count). The van der Waals surface area contributed by atoms with E-state index in [-0.39, 0.29) is 12.1 Å². The van der Waals surface area contributed by atoms with Crippen LogP contribution in [0.2, 0.25) is 0 Å². The van der Waals surface area contributed by atoms with Gasteiger partial charge in [0.1, 0.15) is 11.9 Å². The number of aromatic nitrogens is 1. The summed E-state index contributed by atoms with van der Waals surface area (Å²) in [6.45, 7) is 3.37. The maximum Gasteiger partial charge on any atom is 0.322 e. The van der Waals surface area contributed by atoms with Gasteiger partial charge in [0.2, 0.25) is 0 Å². The first kappa shape index (κ1) is 14.8. The Morgan fingerprint density at radius 1 is 1.36 bits per heavy atom. The summed E-state index contributed by atoms with van der Waals surface area (Å²) in [5.41, 5.74) is 0.979. The molecule has 0 atom stereocenters. The fraction of sp³-hybridized carbons (Fsp3) is 0.375. The van der Waals surface area contributed by atoms with E-state index < -0.39 is 0 Å². The number of carbonyl (C=O) groups is 1. The number of hydrogen-bond acceptors (Lipinski definition) is 4. The molecule has 2 amide bonds. The number of urea groups is 1. The summed E-state index contributed by atoms with van der Waals surface area (Å²) in [7, 11) is 0. The molecule has 0 bridgehead atoms. The summed E-state index contributed by atoms with van der Waals surface area (Å²) in [6, 6.07) is 7.69. The molecule has 2 aromatic heterocycles. The lowest BCUT2D eigenvalue weighted by Gasteiger charge is -2.32. The van der Waals surface area contributed by atoms with Crippen LogP contribution in [0.4, 0.5) is 9.80 Å². The molecule has 22 heavy (non-hydrogen) atoms. The van der Waals surface area contributed by atoms with E-state index in [0.717, 1.165) is 29.3 Å². The highest BCUT2D eigenvalue weighted by Crippen LogP contribution is 2.20. The van der Waals surface area contributed by atoms with Crippen molar-refractivity contribution in [1.82, 2.24) is 9.88 Å². The first-order valence-electron chi connectivity index (χ1n) is 7.39. The zero-order chi connectivity index (χ0) is 15.4. The van der Waals surface area contributed by atoms with Gasteiger partial charge in [0, 0.05) is 31.6 Å². The van der Waals surface area contributed by atoms with Crippen molar-refractivity contribution in [3.8, 4) is 5.75 Å². The molecule has 0 aliphatic carbocycles. The molecule has 6 heteroatoms. The lowest BCUT2D eigenvalue weighted by molar-refractivity contribution is 0.115. The molecule has 5 nitrogen and oxygen atoms in total. The third-order valence-electron chi connectivity index (χ3n) is 3.67. The van der Waals surface area contributed by atoms with Gasteiger partial charge in [0.05, 0.1) is 11.2 Å². The minimum atomic E-state index is -0.0297. The second-order valence-corrected chi connectivity index (χ2v) is 6.29. The average Bonchev–Trinajstić information content (AvgIpc) is 3.03. The number of rotatable bonds is 3. The van der Waals surface area contributed by atoms with Crippen molar-refractivity contribution in [1.29, 1.82) is 0 Å². The largest absolute Gasteiger partial charge is 0.489 e. The van der Waals surface area contributed by atoms with Crippen molar-refractivity contribution in [2.24, 2.45) is 0 Å². The van der Waals surface area contributed by atoms with Crippen LogP contribution in [0.25, 0.3) is 0 Å². The number of thiophene rings is 1. The van der Waals surface area contributed by atoms with Gasteiger partial charge in [-0.1, -0.05) is 0 Å². The van der Waals surface area contributed by atoms with Crippen molar-refractivity contribution in [2.75, 3.05) is 18.4 Å². The molecule has 0 saturated carbocycles. The van der Waals surface area contributed by atoms with E-state index in [0.29, 0.717) is 13.1 Å². The smallest absolute Gasteiger partial charge is 0.322 e. The molecule has 0 unspecified atom stereocenters. The van der Waals surface area contributed by atoms with E-state index >= 15 is 0 Å². The second kappa shape index (κ2) is 6.79. The van der Waals surface area contributed by atoms with E-state index in [2.05, 4.69) is 10.3 Å². The van der Waals surface area contributed by atoms with Gasteiger partial charge in [-0.3, -0.25) is 10.3 Å². The lowest BCUT2D eigenvalue weighted by atomic mass is 10.1. The maximum absolute atomic E-state index is 12.1. The van der Waals surface area contributed by atoms with Crippen molar-refractivity contribution in [3.63, 3.8) is 0 Å². The van der Waals surface area contributed by atoms with Crippen LogP contribution in [0.3, 0.4) is 0 Å². The Bertz CT molecular complexity index is 605. The number of anilines is 1. The number of nitrogens with one attached hydrogen (secondary N) is 1. The van der Waals surface area contributed by atoms with Crippen LogP contribution in [-0.4, -0.2) is 35.1 Å². The molecule has 0 radical (unpaired) electrons. The molecule has 0 spiro atoms. The molecule has 1 aliphatic rings. The molecular formula is C16H19N3O2S. The van der Waals surface area contributed by atoms with Gasteiger partial charge in [0.25, 0.3) is 0 Å². The lowest BCUT2D eigenvalue weighted by Crippen LogP contribution is -2.43. The Morgan fingerprint density at radius 2 is 2.18 bits per heavy atom.